The van der Waals surface area contributed by atoms with Crippen molar-refractivity contribution >= 4 is 11.6 Å². The molecular formula is C12H11N3O2. The van der Waals surface area contributed by atoms with Crippen LogP contribution in [0, 0.1) is 0 Å². The second kappa shape index (κ2) is 4.01. The van der Waals surface area contributed by atoms with Crippen molar-refractivity contribution in [1.82, 2.24) is 10.3 Å². The van der Waals surface area contributed by atoms with Crippen LogP contribution in [0.4, 0.5) is 5.69 Å². The molecule has 0 N–H and O–H groups in total. The van der Waals surface area contributed by atoms with E-state index in [0.717, 1.165) is 18.5 Å². The van der Waals surface area contributed by atoms with Gasteiger partial charge in [-0.1, -0.05) is 23.4 Å². The Morgan fingerprint density at radius 1 is 1.35 bits per heavy atom. The van der Waals surface area contributed by atoms with E-state index in [0.29, 0.717) is 6.54 Å². The lowest BCUT2D eigenvalue weighted by Gasteiger charge is -2.28. The Balaban J connectivity index is 1.98. The molecule has 1 amide bonds. The maximum absolute atomic E-state index is 12.2. The average molecular weight is 229 g/mol. The van der Waals surface area contributed by atoms with E-state index in [4.69, 9.17) is 0 Å². The zero-order chi connectivity index (χ0) is 11.7. The van der Waals surface area contributed by atoms with Gasteiger partial charge in [0.25, 0.3) is 5.91 Å². The maximum atomic E-state index is 12.2. The highest BCUT2D eigenvalue weighted by Crippen LogP contribution is 2.27. The van der Waals surface area contributed by atoms with Crippen molar-refractivity contribution in [2.45, 2.75) is 12.8 Å². The first kappa shape index (κ1) is 10.0. The normalized spacial score (nSPS) is 14.5. The first-order chi connectivity index (χ1) is 8.36. The smallest absolute Gasteiger partial charge is 0.282 e. The molecule has 2 heterocycles. The number of aromatic nitrogens is 2. The number of fused-ring (bicyclic) bond motifs is 1. The van der Waals surface area contributed by atoms with E-state index in [1.807, 2.05) is 18.2 Å². The summed E-state index contributed by atoms with van der Waals surface area (Å²) in [6.45, 7) is 0.711. The molecule has 0 bridgehead atoms. The first-order valence-corrected chi connectivity index (χ1v) is 5.53. The van der Waals surface area contributed by atoms with Gasteiger partial charge < -0.3 is 4.90 Å². The Hall–Kier alpha value is -2.17. The van der Waals surface area contributed by atoms with E-state index in [2.05, 4.69) is 21.0 Å². The molecule has 3 rings (SSSR count). The zero-order valence-corrected chi connectivity index (χ0v) is 9.17. The minimum Gasteiger partial charge on any atom is -0.307 e. The van der Waals surface area contributed by atoms with Crippen molar-refractivity contribution in [3.05, 3.63) is 41.7 Å². The Labute approximate surface area is 98.0 Å². The maximum Gasteiger partial charge on any atom is 0.282 e. The van der Waals surface area contributed by atoms with Gasteiger partial charge in [-0.05, 0) is 29.6 Å². The molecule has 0 spiro atoms. The predicted octanol–water partition coefficient (Wildman–Crippen LogP) is 1.66. The summed E-state index contributed by atoms with van der Waals surface area (Å²) in [5, 5.41) is 7.05. The molecule has 1 aliphatic rings. The molecule has 0 radical (unpaired) electrons. The number of carbonyl (C=O) groups is 1. The van der Waals surface area contributed by atoms with Gasteiger partial charge in [-0.25, -0.2) is 4.63 Å². The number of para-hydroxylation sites is 1. The van der Waals surface area contributed by atoms with Gasteiger partial charge in [0.2, 0.25) is 0 Å². The van der Waals surface area contributed by atoms with Gasteiger partial charge in [0.05, 0.1) is 0 Å². The van der Waals surface area contributed by atoms with E-state index in [-0.39, 0.29) is 11.6 Å². The minimum atomic E-state index is -0.154. The second-order valence-electron chi connectivity index (χ2n) is 3.98. The lowest BCUT2D eigenvalue weighted by atomic mass is 10.0. The standard InChI is InChI=1S/C12H11N3O2/c16-12(10-8-13-17-14-10)15-7-3-5-9-4-1-2-6-11(9)15/h1-2,4,6,8H,3,5,7H2. The molecule has 1 aromatic heterocycles. The van der Waals surface area contributed by atoms with Gasteiger partial charge in [-0.15, -0.1) is 0 Å². The SMILES string of the molecule is O=C(c1cnon1)N1CCCc2ccccc21. The fourth-order valence-electron chi connectivity index (χ4n) is 2.14. The summed E-state index contributed by atoms with van der Waals surface area (Å²) < 4.78 is 4.47. The van der Waals surface area contributed by atoms with Crippen LogP contribution >= 0.6 is 0 Å². The molecule has 1 aromatic carbocycles. The molecule has 5 heteroatoms. The quantitative estimate of drug-likeness (QED) is 0.746. The van der Waals surface area contributed by atoms with E-state index in [1.54, 1.807) is 4.90 Å². The molecule has 0 unspecified atom stereocenters. The van der Waals surface area contributed by atoms with Gasteiger partial charge in [-0.2, -0.15) is 0 Å². The molecule has 0 atom stereocenters. The summed E-state index contributed by atoms with van der Waals surface area (Å²) in [6.07, 6.45) is 3.32. The number of hydrogen-bond acceptors (Lipinski definition) is 4. The number of hydrogen-bond donors (Lipinski definition) is 0. The summed E-state index contributed by atoms with van der Waals surface area (Å²) in [5.41, 5.74) is 2.41. The molecule has 1 aliphatic heterocycles. The molecule has 0 aliphatic carbocycles. The van der Waals surface area contributed by atoms with Crippen molar-refractivity contribution in [2.75, 3.05) is 11.4 Å². The van der Waals surface area contributed by atoms with Gasteiger partial charge in [0.1, 0.15) is 6.20 Å². The third-order valence-corrected chi connectivity index (χ3v) is 2.94. The monoisotopic (exact) mass is 229 g/mol. The van der Waals surface area contributed by atoms with E-state index in [1.165, 1.54) is 11.8 Å². The Morgan fingerprint density at radius 2 is 2.24 bits per heavy atom. The number of anilines is 1. The summed E-state index contributed by atoms with van der Waals surface area (Å²) in [7, 11) is 0. The molecule has 5 nitrogen and oxygen atoms in total. The summed E-state index contributed by atoms with van der Waals surface area (Å²) in [4.78, 5) is 13.9. The fraction of sp³-hybridized carbons (Fsp3) is 0.250. The molecule has 17 heavy (non-hydrogen) atoms. The van der Waals surface area contributed by atoms with Crippen molar-refractivity contribution in [3.8, 4) is 0 Å². The second-order valence-corrected chi connectivity index (χ2v) is 3.98. The van der Waals surface area contributed by atoms with Gasteiger partial charge in [0.15, 0.2) is 5.69 Å². The van der Waals surface area contributed by atoms with Crippen LogP contribution < -0.4 is 4.90 Å². The number of benzene rings is 1. The van der Waals surface area contributed by atoms with Crippen molar-refractivity contribution in [1.29, 1.82) is 0 Å². The highest BCUT2D eigenvalue weighted by molar-refractivity contribution is 6.05. The fourth-order valence-corrected chi connectivity index (χ4v) is 2.14. The van der Waals surface area contributed by atoms with Crippen LogP contribution in [-0.4, -0.2) is 22.8 Å². The Kier molecular flexibility index (Phi) is 2.36. The van der Waals surface area contributed by atoms with Crippen LogP contribution in [0.3, 0.4) is 0 Å². The number of amides is 1. The molecule has 0 saturated heterocycles. The van der Waals surface area contributed by atoms with Crippen LogP contribution in [0.5, 0.6) is 0 Å². The van der Waals surface area contributed by atoms with Crippen LogP contribution in [0.1, 0.15) is 22.5 Å². The third-order valence-electron chi connectivity index (χ3n) is 2.94. The van der Waals surface area contributed by atoms with Gasteiger partial charge in [-0.3, -0.25) is 4.79 Å². The van der Waals surface area contributed by atoms with Crippen molar-refractivity contribution < 1.29 is 9.42 Å². The van der Waals surface area contributed by atoms with Gasteiger partial charge >= 0.3 is 0 Å². The summed E-state index contributed by atoms with van der Waals surface area (Å²) in [6, 6.07) is 7.94. The lowest BCUT2D eigenvalue weighted by molar-refractivity contribution is 0.0975. The van der Waals surface area contributed by atoms with Crippen molar-refractivity contribution in [2.24, 2.45) is 0 Å². The molecular weight excluding hydrogens is 218 g/mol. The van der Waals surface area contributed by atoms with Crippen LogP contribution in [0.25, 0.3) is 0 Å². The number of carbonyl (C=O) groups excluding carboxylic acids is 1. The van der Waals surface area contributed by atoms with Gasteiger partial charge in [0, 0.05) is 12.2 Å². The summed E-state index contributed by atoms with van der Waals surface area (Å²) in [5.74, 6) is -0.154. The van der Waals surface area contributed by atoms with Crippen molar-refractivity contribution in [3.63, 3.8) is 0 Å². The minimum absolute atomic E-state index is 0.154. The number of aryl methyl sites for hydroxylation is 1. The van der Waals surface area contributed by atoms with Crippen LogP contribution in [0.15, 0.2) is 35.1 Å². The first-order valence-electron chi connectivity index (χ1n) is 5.53. The number of rotatable bonds is 1. The molecule has 2 aromatic rings. The Morgan fingerprint density at radius 3 is 3.06 bits per heavy atom. The van der Waals surface area contributed by atoms with E-state index in [9.17, 15) is 4.79 Å². The lowest BCUT2D eigenvalue weighted by Crippen LogP contribution is -2.35. The number of nitrogens with zero attached hydrogens (tertiary/aromatic N) is 3. The molecule has 0 saturated carbocycles. The molecule has 86 valence electrons. The summed E-state index contributed by atoms with van der Waals surface area (Å²) >= 11 is 0. The zero-order valence-electron chi connectivity index (χ0n) is 9.17. The van der Waals surface area contributed by atoms with E-state index >= 15 is 0 Å². The predicted molar refractivity (Wildman–Crippen MR) is 60.7 cm³/mol. The molecule has 0 fully saturated rings. The highest BCUT2D eigenvalue weighted by Gasteiger charge is 2.25. The largest absolute Gasteiger partial charge is 0.307 e. The van der Waals surface area contributed by atoms with E-state index < -0.39 is 0 Å². The topological polar surface area (TPSA) is 59.2 Å². The van der Waals surface area contributed by atoms with Crippen LogP contribution in [-0.2, 0) is 6.42 Å². The van der Waals surface area contributed by atoms with Crippen LogP contribution in [0.2, 0.25) is 0 Å². The third kappa shape index (κ3) is 1.69. The Bertz CT molecular complexity index is 536. The average Bonchev–Trinajstić information content (AvgIpc) is 2.91. The highest BCUT2D eigenvalue weighted by atomic mass is 16.6.